The van der Waals surface area contributed by atoms with Gasteiger partial charge in [0.25, 0.3) is 6.02 Å². The van der Waals surface area contributed by atoms with Crippen molar-refractivity contribution in [2.75, 3.05) is 20.3 Å². The van der Waals surface area contributed by atoms with Gasteiger partial charge in [-0.1, -0.05) is 24.3 Å². The van der Waals surface area contributed by atoms with Gasteiger partial charge in [0.05, 0.1) is 13.7 Å². The number of aliphatic imine (C=N–C) groups is 1. The summed E-state index contributed by atoms with van der Waals surface area (Å²) in [6, 6.07) is 18.6. The van der Waals surface area contributed by atoms with E-state index in [0.717, 1.165) is 34.4 Å². The summed E-state index contributed by atoms with van der Waals surface area (Å²) in [7, 11) is 1.56. The molecule has 0 saturated carbocycles. The topological polar surface area (TPSA) is 66.1 Å². The monoisotopic (exact) mass is 404 g/mol. The molecule has 2 aliphatic rings. The molecular weight excluding hydrogens is 383 g/mol. The lowest BCUT2D eigenvalue weighted by Gasteiger charge is -2.26. The van der Waals surface area contributed by atoms with Crippen LogP contribution in [0.1, 0.15) is 16.7 Å². The molecule has 0 saturated heterocycles. The first-order valence-corrected chi connectivity index (χ1v) is 9.78. The van der Waals surface area contributed by atoms with E-state index in [1.165, 1.54) is 6.07 Å². The average Bonchev–Trinajstić information content (AvgIpc) is 3.41. The van der Waals surface area contributed by atoms with Crippen molar-refractivity contribution < 1.29 is 18.6 Å². The standard InChI is InChI=1S/C24H21FN2O3/c1-28-19-6-7-21(25)20(13-19)15-3-2-4-17(11-15)24(14-30-23(26)27-24)18-5-8-22-16(12-18)9-10-29-22/h2-8,11-13H,9-10,14H2,1H3,(H2,26,27). The third-order valence-electron chi connectivity index (χ3n) is 5.72. The van der Waals surface area contributed by atoms with Crippen LogP contribution in [-0.2, 0) is 16.7 Å². The predicted molar refractivity (Wildman–Crippen MR) is 112 cm³/mol. The van der Waals surface area contributed by atoms with Crippen LogP contribution in [0.4, 0.5) is 4.39 Å². The fourth-order valence-electron chi connectivity index (χ4n) is 4.13. The number of ether oxygens (including phenoxy) is 3. The number of hydrogen-bond acceptors (Lipinski definition) is 5. The Balaban J connectivity index is 1.65. The van der Waals surface area contributed by atoms with E-state index in [9.17, 15) is 4.39 Å². The maximum atomic E-state index is 14.6. The van der Waals surface area contributed by atoms with Crippen LogP contribution in [0.3, 0.4) is 0 Å². The van der Waals surface area contributed by atoms with Crippen LogP contribution in [-0.4, -0.2) is 26.3 Å². The van der Waals surface area contributed by atoms with E-state index in [2.05, 4.69) is 11.1 Å². The Morgan fingerprint density at radius 3 is 2.70 bits per heavy atom. The molecule has 6 heteroatoms. The Kier molecular flexibility index (Phi) is 4.35. The van der Waals surface area contributed by atoms with Crippen molar-refractivity contribution in [1.82, 2.24) is 0 Å². The molecule has 1 atom stereocenters. The van der Waals surface area contributed by atoms with E-state index in [1.54, 1.807) is 19.2 Å². The Bertz CT molecular complexity index is 1160. The van der Waals surface area contributed by atoms with Crippen molar-refractivity contribution in [3.63, 3.8) is 0 Å². The molecule has 0 fully saturated rings. The van der Waals surface area contributed by atoms with Gasteiger partial charge in [0.1, 0.15) is 23.9 Å². The third kappa shape index (κ3) is 2.96. The Labute approximate surface area is 173 Å². The van der Waals surface area contributed by atoms with Crippen LogP contribution in [0.15, 0.2) is 65.7 Å². The summed E-state index contributed by atoms with van der Waals surface area (Å²) in [5.41, 5.74) is 9.32. The van der Waals surface area contributed by atoms with Crippen LogP contribution < -0.4 is 15.2 Å². The van der Waals surface area contributed by atoms with E-state index < -0.39 is 5.54 Å². The second-order valence-corrected chi connectivity index (χ2v) is 7.45. The largest absolute Gasteiger partial charge is 0.497 e. The molecule has 30 heavy (non-hydrogen) atoms. The molecule has 3 aromatic rings. The zero-order valence-electron chi connectivity index (χ0n) is 16.5. The van der Waals surface area contributed by atoms with Gasteiger partial charge in [-0.05, 0) is 58.7 Å². The second kappa shape index (κ2) is 7.06. The van der Waals surface area contributed by atoms with Gasteiger partial charge in [-0.25, -0.2) is 9.38 Å². The predicted octanol–water partition coefficient (Wildman–Crippen LogP) is 4.02. The summed E-state index contributed by atoms with van der Waals surface area (Å²) in [5.74, 6) is 1.18. The van der Waals surface area contributed by atoms with Gasteiger partial charge >= 0.3 is 0 Å². The maximum absolute atomic E-state index is 14.6. The van der Waals surface area contributed by atoms with Gasteiger partial charge < -0.3 is 19.9 Å². The molecule has 0 radical (unpaired) electrons. The number of fused-ring (bicyclic) bond motifs is 1. The summed E-state index contributed by atoms with van der Waals surface area (Å²) in [6.07, 6.45) is 0.856. The van der Waals surface area contributed by atoms with Crippen LogP contribution in [0.2, 0.25) is 0 Å². The quantitative estimate of drug-likeness (QED) is 0.713. The molecule has 5 nitrogen and oxygen atoms in total. The molecule has 2 aliphatic heterocycles. The van der Waals surface area contributed by atoms with Crippen molar-refractivity contribution in [2.45, 2.75) is 12.0 Å². The van der Waals surface area contributed by atoms with Crippen LogP contribution in [0.5, 0.6) is 11.5 Å². The number of methoxy groups -OCH3 is 1. The number of amidine groups is 1. The summed E-state index contributed by atoms with van der Waals surface area (Å²) in [5, 5.41) is 0. The van der Waals surface area contributed by atoms with E-state index in [-0.39, 0.29) is 18.4 Å². The van der Waals surface area contributed by atoms with Gasteiger partial charge in [-0.3, -0.25) is 0 Å². The van der Waals surface area contributed by atoms with Crippen molar-refractivity contribution in [1.29, 1.82) is 0 Å². The molecule has 0 amide bonds. The molecule has 0 aromatic heterocycles. The first kappa shape index (κ1) is 18.5. The molecule has 5 rings (SSSR count). The fourth-order valence-corrected chi connectivity index (χ4v) is 4.13. The highest BCUT2D eigenvalue weighted by Gasteiger charge is 2.40. The maximum Gasteiger partial charge on any atom is 0.283 e. The SMILES string of the molecule is COc1ccc(F)c(-c2cccc(C3(c4ccc5c(c4)CCO5)COC(N)=N3)c2)c1. The zero-order chi connectivity index (χ0) is 20.7. The van der Waals surface area contributed by atoms with Gasteiger partial charge in [-0.15, -0.1) is 0 Å². The number of hydrogen-bond donors (Lipinski definition) is 1. The van der Waals surface area contributed by atoms with Gasteiger partial charge in [0, 0.05) is 12.0 Å². The molecular formula is C24H21FN2O3. The number of nitrogens with zero attached hydrogens (tertiary/aromatic N) is 1. The Morgan fingerprint density at radius 1 is 1.03 bits per heavy atom. The molecule has 0 aliphatic carbocycles. The summed E-state index contributed by atoms with van der Waals surface area (Å²) < 4.78 is 31.1. The minimum Gasteiger partial charge on any atom is -0.497 e. The molecule has 1 unspecified atom stereocenters. The van der Waals surface area contributed by atoms with Crippen molar-refractivity contribution in [3.8, 4) is 22.6 Å². The lowest BCUT2D eigenvalue weighted by atomic mass is 9.82. The van der Waals surface area contributed by atoms with Gasteiger partial charge in [-0.2, -0.15) is 0 Å². The number of nitrogens with two attached hydrogens (primary N) is 1. The highest BCUT2D eigenvalue weighted by Crippen LogP contribution is 2.41. The molecule has 0 spiro atoms. The summed E-state index contributed by atoms with van der Waals surface area (Å²) in [6.45, 7) is 0.959. The smallest absolute Gasteiger partial charge is 0.283 e. The molecule has 152 valence electrons. The van der Waals surface area contributed by atoms with E-state index >= 15 is 0 Å². The van der Waals surface area contributed by atoms with Crippen LogP contribution in [0, 0.1) is 5.82 Å². The number of rotatable bonds is 4. The molecule has 2 heterocycles. The molecule has 3 aromatic carbocycles. The number of benzene rings is 3. The zero-order valence-corrected chi connectivity index (χ0v) is 16.5. The van der Waals surface area contributed by atoms with E-state index in [1.807, 2.05) is 36.4 Å². The summed E-state index contributed by atoms with van der Waals surface area (Å²) >= 11 is 0. The molecule has 0 bridgehead atoms. The van der Waals surface area contributed by atoms with Crippen LogP contribution >= 0.6 is 0 Å². The lowest BCUT2D eigenvalue weighted by Crippen LogP contribution is -2.27. The summed E-state index contributed by atoms with van der Waals surface area (Å²) in [4.78, 5) is 4.69. The fraction of sp³-hybridized carbons (Fsp3) is 0.208. The van der Waals surface area contributed by atoms with E-state index in [4.69, 9.17) is 19.9 Å². The van der Waals surface area contributed by atoms with Crippen molar-refractivity contribution in [2.24, 2.45) is 10.7 Å². The highest BCUT2D eigenvalue weighted by atomic mass is 19.1. The molecule has 2 N–H and O–H groups in total. The highest BCUT2D eigenvalue weighted by molar-refractivity contribution is 5.76. The minimum atomic E-state index is -0.799. The second-order valence-electron chi connectivity index (χ2n) is 7.45. The normalized spacial score (nSPS) is 19.6. The van der Waals surface area contributed by atoms with E-state index in [0.29, 0.717) is 17.9 Å². The van der Waals surface area contributed by atoms with Crippen molar-refractivity contribution >= 4 is 6.02 Å². The average molecular weight is 404 g/mol. The first-order chi connectivity index (χ1) is 14.6. The minimum absolute atomic E-state index is 0.143. The number of halogens is 1. The Morgan fingerprint density at radius 2 is 1.90 bits per heavy atom. The van der Waals surface area contributed by atoms with Crippen LogP contribution in [0.25, 0.3) is 11.1 Å². The lowest BCUT2D eigenvalue weighted by molar-refractivity contribution is 0.278. The van der Waals surface area contributed by atoms with Gasteiger partial charge in [0.15, 0.2) is 5.54 Å². The third-order valence-corrected chi connectivity index (χ3v) is 5.72. The Hall–Kier alpha value is -3.54. The van der Waals surface area contributed by atoms with Gasteiger partial charge in [0.2, 0.25) is 0 Å². The first-order valence-electron chi connectivity index (χ1n) is 9.78. The van der Waals surface area contributed by atoms with Crippen molar-refractivity contribution in [3.05, 3.63) is 83.2 Å².